The first kappa shape index (κ1) is 12.6. The lowest BCUT2D eigenvalue weighted by molar-refractivity contribution is -0.830. The average molecular weight is 202 g/mol. The summed E-state index contributed by atoms with van der Waals surface area (Å²) in [4.78, 5) is 4.40. The predicted octanol–water partition coefficient (Wildman–Crippen LogP) is 0.653. The Hall–Kier alpha value is -0.360. The van der Waals surface area contributed by atoms with Gasteiger partial charge in [-0.3, -0.25) is 0 Å². The summed E-state index contributed by atoms with van der Waals surface area (Å²) in [5.74, 6) is 0.270. The molecule has 0 heterocycles. The van der Waals surface area contributed by atoms with E-state index in [0.717, 1.165) is 0 Å². The van der Waals surface area contributed by atoms with Gasteiger partial charge in [0, 0.05) is 0 Å². The van der Waals surface area contributed by atoms with Crippen molar-refractivity contribution in [3.63, 3.8) is 0 Å². The van der Waals surface area contributed by atoms with Crippen molar-refractivity contribution in [3.8, 4) is 0 Å². The maximum Gasteiger partial charge on any atom is 0.0877 e. The monoisotopic (exact) mass is 202 g/mol. The molecule has 0 aromatic carbocycles. The van der Waals surface area contributed by atoms with Crippen LogP contribution in [0, 0.1) is 5.92 Å². The van der Waals surface area contributed by atoms with Crippen LogP contribution in [0.4, 0.5) is 0 Å². The van der Waals surface area contributed by atoms with Gasteiger partial charge in [-0.1, -0.05) is 13.8 Å². The van der Waals surface area contributed by atoms with Crippen LogP contribution < -0.4 is 0 Å². The molecular weight excluding hydrogens is 192 g/mol. The molecule has 0 aliphatic carbocycles. The summed E-state index contributed by atoms with van der Waals surface area (Å²) >= 11 is 0. The summed E-state index contributed by atoms with van der Waals surface area (Å²) in [5, 5.41) is 32.1. The zero-order chi connectivity index (χ0) is 9.94. The fraction of sp³-hybridized carbons (Fsp3) is 1.00. The molecule has 0 unspecified atom stereocenters. The van der Waals surface area contributed by atoms with Crippen molar-refractivity contribution in [2.24, 2.45) is 5.92 Å². The molecule has 0 amide bonds. The van der Waals surface area contributed by atoms with E-state index in [2.05, 4.69) is 40.2 Å². The highest BCUT2D eigenvalue weighted by atomic mass is 17.9. The maximum atomic E-state index is 7.49. The van der Waals surface area contributed by atoms with Crippen LogP contribution in [0.15, 0.2) is 0 Å². The highest BCUT2D eigenvalue weighted by molar-refractivity contribution is 4.34. The first-order valence-corrected chi connectivity index (χ1v) is 3.20. The molecule has 9 heteroatoms. The number of hydrogen-bond acceptors (Lipinski definition) is 9. The van der Waals surface area contributed by atoms with Crippen LogP contribution in [0.25, 0.3) is 0 Å². The smallest absolute Gasteiger partial charge is 0.0877 e. The molecule has 0 aliphatic rings. The van der Waals surface area contributed by atoms with Crippen LogP contribution in [-0.2, 0) is 40.2 Å². The van der Waals surface area contributed by atoms with Gasteiger partial charge in [0.05, 0.1) is 6.61 Å². The van der Waals surface area contributed by atoms with Crippen molar-refractivity contribution in [1.29, 1.82) is 0 Å². The Balaban J connectivity index is 2.84. The van der Waals surface area contributed by atoms with Crippen molar-refractivity contribution in [2.45, 2.75) is 13.8 Å². The zero-order valence-corrected chi connectivity index (χ0v) is 7.00. The molecule has 9 nitrogen and oxygen atoms in total. The van der Waals surface area contributed by atoms with Crippen LogP contribution in [0.5, 0.6) is 0 Å². The maximum absolute atomic E-state index is 7.49. The highest BCUT2D eigenvalue weighted by Gasteiger charge is 1.97. The first-order valence-electron chi connectivity index (χ1n) is 3.20. The number of hydrogen-bond donors (Lipinski definition) is 1. The van der Waals surface area contributed by atoms with E-state index in [4.69, 9.17) is 5.26 Å². The van der Waals surface area contributed by atoms with Gasteiger partial charge in [0.2, 0.25) is 0 Å². The van der Waals surface area contributed by atoms with E-state index in [-0.39, 0.29) is 5.92 Å². The molecule has 0 saturated carbocycles. The van der Waals surface area contributed by atoms with Gasteiger partial charge in [0.1, 0.15) is 0 Å². The molecule has 0 atom stereocenters. The molecule has 0 aromatic rings. The first-order chi connectivity index (χ1) is 6.27. The standard InChI is InChI=1S/C4H10O9/c1-4(2)3-6-8-10-12-13-11-9-7-5/h4-5H,3H2,1-2H3. The summed E-state index contributed by atoms with van der Waals surface area (Å²) in [5.41, 5.74) is 0. The molecule has 0 aromatic heterocycles. The number of rotatable bonds is 9. The SMILES string of the molecule is CC(C)COOOOOOOOO. The molecule has 0 bridgehead atoms. The topological polar surface area (TPSA) is 94.1 Å². The van der Waals surface area contributed by atoms with E-state index >= 15 is 0 Å². The van der Waals surface area contributed by atoms with Gasteiger partial charge in [-0.2, -0.15) is 0 Å². The zero-order valence-electron chi connectivity index (χ0n) is 7.00. The van der Waals surface area contributed by atoms with Gasteiger partial charge in [0.15, 0.2) is 0 Å². The van der Waals surface area contributed by atoms with Crippen LogP contribution in [0.1, 0.15) is 13.8 Å². The highest BCUT2D eigenvalue weighted by Crippen LogP contribution is 1.94. The lowest BCUT2D eigenvalue weighted by Crippen LogP contribution is -2.05. The molecular formula is C4H10O9. The molecule has 0 rings (SSSR count). The Morgan fingerprint density at radius 3 is 2.00 bits per heavy atom. The summed E-state index contributed by atoms with van der Waals surface area (Å²) in [6, 6.07) is 0. The largest absolute Gasteiger partial charge is 0.219 e. The third-order valence-corrected chi connectivity index (χ3v) is 0.619. The van der Waals surface area contributed by atoms with E-state index < -0.39 is 0 Å². The summed E-state index contributed by atoms with van der Waals surface area (Å²) in [6.07, 6.45) is 0. The fourth-order valence-corrected chi connectivity index (χ4v) is 0.241. The summed E-state index contributed by atoms with van der Waals surface area (Å²) in [7, 11) is 0. The van der Waals surface area contributed by atoms with Gasteiger partial charge in [0.25, 0.3) is 0 Å². The predicted molar refractivity (Wildman–Crippen MR) is 31.0 cm³/mol. The second-order valence-electron chi connectivity index (χ2n) is 2.16. The summed E-state index contributed by atoms with van der Waals surface area (Å²) in [6.45, 7) is 4.10. The molecule has 0 radical (unpaired) electrons. The van der Waals surface area contributed by atoms with Crippen LogP contribution in [-0.4, -0.2) is 11.9 Å². The third kappa shape index (κ3) is 11.6. The van der Waals surface area contributed by atoms with E-state index in [9.17, 15) is 0 Å². The normalized spacial score (nSPS) is 11.1. The fourth-order valence-electron chi connectivity index (χ4n) is 0.241. The van der Waals surface area contributed by atoms with Crippen molar-refractivity contribution >= 4 is 0 Å². The van der Waals surface area contributed by atoms with Gasteiger partial charge in [-0.25, -0.2) is 10.1 Å². The van der Waals surface area contributed by atoms with Crippen molar-refractivity contribution < 1.29 is 45.4 Å². The minimum Gasteiger partial charge on any atom is -0.219 e. The van der Waals surface area contributed by atoms with Crippen molar-refractivity contribution in [3.05, 3.63) is 0 Å². The lowest BCUT2D eigenvalue weighted by atomic mass is 10.2. The molecule has 1 N–H and O–H groups in total. The Kier molecular flexibility index (Phi) is 9.46. The van der Waals surface area contributed by atoms with Crippen LogP contribution >= 0.6 is 0 Å². The molecule has 0 saturated heterocycles. The minimum atomic E-state index is 0.270. The van der Waals surface area contributed by atoms with E-state index in [0.29, 0.717) is 6.61 Å². The van der Waals surface area contributed by atoms with E-state index in [1.54, 1.807) is 0 Å². The quantitative estimate of drug-likeness (QED) is 0.328. The Labute approximate surface area is 73.0 Å². The Bertz CT molecular complexity index is 95.6. The second-order valence-corrected chi connectivity index (χ2v) is 2.16. The molecule has 0 spiro atoms. The van der Waals surface area contributed by atoms with Crippen molar-refractivity contribution in [1.82, 2.24) is 0 Å². The minimum absolute atomic E-state index is 0.270. The van der Waals surface area contributed by atoms with Gasteiger partial charge in [-0.15, -0.1) is 0 Å². The lowest BCUT2D eigenvalue weighted by Gasteiger charge is -2.02. The van der Waals surface area contributed by atoms with Gasteiger partial charge in [-0.05, 0) is 41.2 Å². The van der Waals surface area contributed by atoms with E-state index in [1.165, 1.54) is 0 Å². The van der Waals surface area contributed by atoms with E-state index in [1.807, 2.05) is 13.8 Å². The van der Waals surface area contributed by atoms with Crippen LogP contribution in [0.3, 0.4) is 0 Å². The average Bonchev–Trinajstić information content (AvgIpc) is 2.09. The van der Waals surface area contributed by atoms with Gasteiger partial charge < -0.3 is 0 Å². The van der Waals surface area contributed by atoms with Gasteiger partial charge >= 0.3 is 0 Å². The summed E-state index contributed by atoms with van der Waals surface area (Å²) < 4.78 is 0. The second kappa shape index (κ2) is 9.73. The Morgan fingerprint density at radius 1 is 0.923 bits per heavy atom. The molecule has 0 aliphatic heterocycles. The molecule has 0 fully saturated rings. The third-order valence-electron chi connectivity index (χ3n) is 0.619. The Morgan fingerprint density at radius 2 is 1.46 bits per heavy atom. The van der Waals surface area contributed by atoms with Crippen LogP contribution in [0.2, 0.25) is 0 Å². The molecule has 80 valence electrons. The molecule has 13 heavy (non-hydrogen) atoms. The van der Waals surface area contributed by atoms with Crippen molar-refractivity contribution in [2.75, 3.05) is 6.61 Å².